The highest BCUT2D eigenvalue weighted by molar-refractivity contribution is 5.92. The quantitative estimate of drug-likeness (QED) is 0.141. The molecule has 0 aliphatic carbocycles. The summed E-state index contributed by atoms with van der Waals surface area (Å²) in [5, 5.41) is 22.1. The van der Waals surface area contributed by atoms with Gasteiger partial charge in [-0.15, -0.1) is 12.4 Å². The molecule has 3 aromatic rings. The number of hydrogen-bond donors (Lipinski definition) is 5. The lowest BCUT2D eigenvalue weighted by atomic mass is 9.90. The Kier molecular flexibility index (Phi) is 12.1. The Labute approximate surface area is 223 Å². The van der Waals surface area contributed by atoms with Crippen LogP contribution in [0.15, 0.2) is 90.0 Å². The summed E-state index contributed by atoms with van der Waals surface area (Å²) in [6.07, 6.45) is 2.49. The molecule has 3 aromatic carbocycles. The van der Waals surface area contributed by atoms with Gasteiger partial charge in [0, 0.05) is 18.8 Å². The maximum Gasteiger partial charge on any atom is 0.242 e. The molecule has 0 aromatic heterocycles. The SMILES string of the molecule is CNC(C=NN)CC[C@H](NC(=O)C(c1ccccc1)c1ccccc1)C(=O)NCc1ccc(O)cc1.Cl. The Morgan fingerprint density at radius 2 is 1.46 bits per heavy atom. The average Bonchev–Trinajstić information content (AvgIpc) is 2.91. The second kappa shape index (κ2) is 15.3. The summed E-state index contributed by atoms with van der Waals surface area (Å²) in [6, 6.07) is 24.7. The molecule has 0 bridgehead atoms. The van der Waals surface area contributed by atoms with Gasteiger partial charge in [0.25, 0.3) is 0 Å². The van der Waals surface area contributed by atoms with Crippen LogP contribution in [0.4, 0.5) is 0 Å². The monoisotopic (exact) mass is 523 g/mol. The summed E-state index contributed by atoms with van der Waals surface area (Å²) in [7, 11) is 1.78. The number of nitrogens with two attached hydrogens (primary N) is 1. The van der Waals surface area contributed by atoms with Crippen LogP contribution in [0.3, 0.4) is 0 Å². The van der Waals surface area contributed by atoms with E-state index in [0.29, 0.717) is 12.8 Å². The minimum absolute atomic E-state index is 0. The van der Waals surface area contributed by atoms with Crippen molar-refractivity contribution < 1.29 is 14.7 Å². The van der Waals surface area contributed by atoms with E-state index in [2.05, 4.69) is 21.1 Å². The van der Waals surface area contributed by atoms with E-state index in [9.17, 15) is 14.7 Å². The first-order chi connectivity index (χ1) is 17.5. The van der Waals surface area contributed by atoms with Gasteiger partial charge in [-0.3, -0.25) is 9.59 Å². The summed E-state index contributed by atoms with van der Waals surface area (Å²) in [6.45, 7) is 0.270. The number of nitrogens with zero attached hydrogens (tertiary/aromatic N) is 1. The van der Waals surface area contributed by atoms with Gasteiger partial charge in [-0.2, -0.15) is 5.10 Å². The number of benzene rings is 3. The number of hydrogen-bond acceptors (Lipinski definition) is 6. The molecule has 0 heterocycles. The number of carbonyl (C=O) groups is 2. The molecule has 9 heteroatoms. The van der Waals surface area contributed by atoms with Crippen LogP contribution in [0.1, 0.15) is 35.4 Å². The maximum absolute atomic E-state index is 13.6. The van der Waals surface area contributed by atoms with Crippen LogP contribution in [-0.4, -0.2) is 42.3 Å². The number of phenolic OH excluding ortho intramolecular Hbond substituents is 1. The molecule has 1 unspecified atom stereocenters. The lowest BCUT2D eigenvalue weighted by Crippen LogP contribution is -2.48. The summed E-state index contributed by atoms with van der Waals surface area (Å²) in [4.78, 5) is 26.8. The van der Waals surface area contributed by atoms with Crippen molar-refractivity contribution in [3.05, 3.63) is 102 Å². The van der Waals surface area contributed by atoms with Crippen molar-refractivity contribution in [3.8, 4) is 5.75 Å². The second-order valence-electron chi connectivity index (χ2n) is 8.47. The van der Waals surface area contributed by atoms with Gasteiger partial charge in [-0.1, -0.05) is 72.8 Å². The van der Waals surface area contributed by atoms with Crippen molar-refractivity contribution in [2.75, 3.05) is 7.05 Å². The van der Waals surface area contributed by atoms with E-state index in [1.165, 1.54) is 0 Å². The van der Waals surface area contributed by atoms with Crippen LogP contribution in [0.5, 0.6) is 5.75 Å². The Morgan fingerprint density at radius 3 is 1.97 bits per heavy atom. The van der Waals surface area contributed by atoms with Crippen molar-refractivity contribution in [3.63, 3.8) is 0 Å². The highest BCUT2D eigenvalue weighted by atomic mass is 35.5. The van der Waals surface area contributed by atoms with Gasteiger partial charge in [0.2, 0.25) is 11.8 Å². The Bertz CT molecular complexity index is 1090. The Hall–Kier alpha value is -3.88. The molecule has 0 saturated carbocycles. The largest absolute Gasteiger partial charge is 0.508 e. The van der Waals surface area contributed by atoms with Gasteiger partial charge in [-0.25, -0.2) is 0 Å². The molecule has 6 N–H and O–H groups in total. The molecule has 3 rings (SSSR count). The molecule has 2 atom stereocenters. The fourth-order valence-electron chi connectivity index (χ4n) is 3.98. The molecule has 37 heavy (non-hydrogen) atoms. The minimum atomic E-state index is -0.772. The van der Waals surface area contributed by atoms with Crippen LogP contribution < -0.4 is 21.8 Å². The number of rotatable bonds is 12. The van der Waals surface area contributed by atoms with Crippen molar-refractivity contribution in [1.82, 2.24) is 16.0 Å². The average molecular weight is 524 g/mol. The highest BCUT2D eigenvalue weighted by Crippen LogP contribution is 2.25. The van der Waals surface area contributed by atoms with Crippen LogP contribution >= 0.6 is 12.4 Å². The van der Waals surface area contributed by atoms with Gasteiger partial charge in [0.05, 0.1) is 5.92 Å². The maximum atomic E-state index is 13.6. The van der Waals surface area contributed by atoms with Crippen LogP contribution in [0.25, 0.3) is 0 Å². The van der Waals surface area contributed by atoms with Crippen molar-refractivity contribution in [2.24, 2.45) is 10.9 Å². The van der Waals surface area contributed by atoms with Crippen molar-refractivity contribution in [2.45, 2.75) is 37.4 Å². The van der Waals surface area contributed by atoms with E-state index in [1.807, 2.05) is 60.7 Å². The van der Waals surface area contributed by atoms with Crippen molar-refractivity contribution >= 4 is 30.4 Å². The molecule has 0 spiro atoms. The molecule has 2 amide bonds. The number of aromatic hydroxyl groups is 1. The highest BCUT2D eigenvalue weighted by Gasteiger charge is 2.28. The fourth-order valence-corrected chi connectivity index (χ4v) is 3.98. The third-order valence-electron chi connectivity index (χ3n) is 5.97. The van der Waals surface area contributed by atoms with Gasteiger partial charge >= 0.3 is 0 Å². The predicted molar refractivity (Wildman–Crippen MR) is 149 cm³/mol. The summed E-state index contributed by atoms with van der Waals surface area (Å²) in [5.41, 5.74) is 2.52. The molecule has 0 aliphatic heterocycles. The molecule has 0 aliphatic rings. The van der Waals surface area contributed by atoms with Gasteiger partial charge < -0.3 is 26.9 Å². The number of nitrogens with one attached hydrogen (secondary N) is 3. The van der Waals surface area contributed by atoms with Crippen molar-refractivity contribution in [1.29, 1.82) is 0 Å². The Morgan fingerprint density at radius 1 is 0.892 bits per heavy atom. The number of halogens is 1. The summed E-state index contributed by atoms with van der Waals surface area (Å²) < 4.78 is 0. The van der Waals surface area contributed by atoms with Crippen LogP contribution in [0.2, 0.25) is 0 Å². The zero-order valence-corrected chi connectivity index (χ0v) is 21.5. The first kappa shape index (κ1) is 29.4. The normalized spacial score (nSPS) is 12.5. The smallest absolute Gasteiger partial charge is 0.242 e. The number of hydrazone groups is 1. The lowest BCUT2D eigenvalue weighted by molar-refractivity contribution is -0.129. The first-order valence-electron chi connectivity index (χ1n) is 11.9. The summed E-state index contributed by atoms with van der Waals surface area (Å²) in [5.74, 6) is 4.34. The summed E-state index contributed by atoms with van der Waals surface area (Å²) >= 11 is 0. The standard InChI is InChI=1S/C28H33N5O3.ClH/c1-30-23(19-32-29)14-17-25(27(35)31-18-20-12-15-24(34)16-13-20)33-28(36)26(21-8-4-2-5-9-21)22-10-6-3-7-11-22;/h2-13,15-16,19,23,25-26,30,34H,14,17-18,29H2,1H3,(H,31,35)(H,33,36);1H/t23?,25-;/m0./s1. The molecule has 0 saturated heterocycles. The minimum Gasteiger partial charge on any atom is -0.508 e. The molecular formula is C28H34ClN5O3. The number of carbonyl (C=O) groups excluding carboxylic acids is 2. The lowest BCUT2D eigenvalue weighted by Gasteiger charge is -2.24. The zero-order valence-electron chi connectivity index (χ0n) is 20.7. The van der Waals surface area contributed by atoms with E-state index in [1.54, 1.807) is 37.5 Å². The van der Waals surface area contributed by atoms with E-state index in [-0.39, 0.29) is 42.6 Å². The third kappa shape index (κ3) is 8.93. The molecule has 196 valence electrons. The second-order valence-corrected chi connectivity index (χ2v) is 8.47. The van der Waals surface area contributed by atoms with E-state index < -0.39 is 12.0 Å². The van der Waals surface area contributed by atoms with E-state index in [0.717, 1.165) is 16.7 Å². The number of phenols is 1. The van der Waals surface area contributed by atoms with Gasteiger partial charge in [-0.05, 0) is 48.7 Å². The molecule has 0 fully saturated rings. The third-order valence-corrected chi connectivity index (χ3v) is 5.97. The van der Waals surface area contributed by atoms with Crippen LogP contribution in [0, 0.1) is 0 Å². The topological polar surface area (TPSA) is 129 Å². The first-order valence-corrected chi connectivity index (χ1v) is 11.9. The van der Waals surface area contributed by atoms with Crippen LogP contribution in [-0.2, 0) is 16.1 Å². The van der Waals surface area contributed by atoms with Gasteiger partial charge in [0.1, 0.15) is 11.8 Å². The predicted octanol–water partition coefficient (Wildman–Crippen LogP) is 3.06. The molecular weight excluding hydrogens is 490 g/mol. The molecule has 0 radical (unpaired) electrons. The molecule has 8 nitrogen and oxygen atoms in total. The van der Waals surface area contributed by atoms with E-state index in [4.69, 9.17) is 5.84 Å². The van der Waals surface area contributed by atoms with E-state index >= 15 is 0 Å². The number of amides is 2. The Balaban J connectivity index is 0.00000481. The zero-order chi connectivity index (χ0) is 25.8. The fraction of sp³-hybridized carbons (Fsp3) is 0.250. The van der Waals surface area contributed by atoms with Gasteiger partial charge in [0.15, 0.2) is 0 Å².